The second-order valence-corrected chi connectivity index (χ2v) is 11.4. The Bertz CT molecular complexity index is 1260. The molecule has 1 fully saturated rings. The number of carbonyl (C=O) groups excluding carboxylic acids is 1. The number of phenolic OH excluding ortho intramolecular Hbond substituents is 1. The minimum Gasteiger partial charge on any atom is -0.508 e. The zero-order valence-electron chi connectivity index (χ0n) is 22.4. The average molecular weight is 575 g/mol. The molecule has 0 radical (unpaired) electrons. The molecular formula is C29H35ClN2O8. The van der Waals surface area contributed by atoms with E-state index in [0.29, 0.717) is 30.2 Å². The van der Waals surface area contributed by atoms with E-state index in [1.54, 1.807) is 12.1 Å². The van der Waals surface area contributed by atoms with Crippen molar-refractivity contribution >= 4 is 29.4 Å². The number of amides is 1. The molecule has 11 heteroatoms. The Morgan fingerprint density at radius 1 is 1.12 bits per heavy atom. The Labute approximate surface area is 237 Å². The smallest absolute Gasteiger partial charge is 0.336 e. The van der Waals surface area contributed by atoms with Gasteiger partial charge in [-0.05, 0) is 60.1 Å². The predicted molar refractivity (Wildman–Crippen MR) is 146 cm³/mol. The molecule has 1 amide bonds. The van der Waals surface area contributed by atoms with Gasteiger partial charge in [-0.25, -0.2) is 4.79 Å². The fraction of sp³-hybridized carbons (Fsp3) is 0.483. The van der Waals surface area contributed by atoms with Crippen LogP contribution >= 0.6 is 11.6 Å². The number of ether oxygens (including phenoxy) is 1. The molecule has 0 aliphatic carbocycles. The maximum absolute atomic E-state index is 12.9. The van der Waals surface area contributed by atoms with Gasteiger partial charge in [-0.2, -0.15) is 0 Å². The number of aromatic hydroxyl groups is 1. The molecule has 1 spiro atoms. The van der Waals surface area contributed by atoms with Crippen molar-refractivity contribution in [3.63, 3.8) is 0 Å². The number of aliphatic hydroxyl groups is 1. The topological polar surface area (TPSA) is 148 Å². The first-order chi connectivity index (χ1) is 18.9. The molecule has 0 saturated carbocycles. The first-order valence-corrected chi connectivity index (χ1v) is 13.6. The Kier molecular flexibility index (Phi) is 9.04. The third-order valence-electron chi connectivity index (χ3n) is 7.97. The number of likely N-dealkylation sites (tertiary alicyclic amines) is 1. The zero-order chi connectivity index (χ0) is 29.1. The summed E-state index contributed by atoms with van der Waals surface area (Å²) in [6, 6.07) is 13.0. The van der Waals surface area contributed by atoms with E-state index in [1.807, 2.05) is 12.1 Å². The lowest BCUT2D eigenvalue weighted by Crippen LogP contribution is -2.48. The Hall–Kier alpha value is -3.18. The number of fused-ring (bicyclic) bond motifs is 2. The van der Waals surface area contributed by atoms with Crippen molar-refractivity contribution in [2.75, 3.05) is 33.2 Å². The van der Waals surface area contributed by atoms with Gasteiger partial charge in [-0.3, -0.25) is 9.59 Å². The Balaban J connectivity index is 1.46. The highest BCUT2D eigenvalue weighted by molar-refractivity contribution is 6.31. The van der Waals surface area contributed by atoms with Crippen LogP contribution < -0.4 is 0 Å². The summed E-state index contributed by atoms with van der Waals surface area (Å²) < 4.78 is 6.28. The summed E-state index contributed by atoms with van der Waals surface area (Å²) in [5, 5.41) is 39.2. The van der Waals surface area contributed by atoms with Crippen molar-refractivity contribution in [1.82, 2.24) is 9.80 Å². The van der Waals surface area contributed by atoms with Crippen LogP contribution in [0.25, 0.3) is 0 Å². The second-order valence-electron chi connectivity index (χ2n) is 10.9. The first kappa shape index (κ1) is 29.8. The molecule has 2 unspecified atom stereocenters. The molecule has 10 nitrogen and oxygen atoms in total. The van der Waals surface area contributed by atoms with Crippen molar-refractivity contribution < 1.29 is 39.5 Å². The van der Waals surface area contributed by atoms with Gasteiger partial charge < -0.3 is 35.0 Å². The van der Waals surface area contributed by atoms with Gasteiger partial charge in [-0.15, -0.1) is 0 Å². The fourth-order valence-electron chi connectivity index (χ4n) is 5.81. The maximum atomic E-state index is 12.9. The van der Waals surface area contributed by atoms with Crippen LogP contribution in [0.1, 0.15) is 42.4 Å². The number of piperidine rings is 1. The quantitative estimate of drug-likeness (QED) is 0.318. The van der Waals surface area contributed by atoms with E-state index < -0.39 is 36.3 Å². The number of rotatable bonds is 11. The van der Waals surface area contributed by atoms with Crippen LogP contribution in [0.3, 0.4) is 0 Å². The first-order valence-electron chi connectivity index (χ1n) is 13.2. The molecule has 4 N–H and O–H groups in total. The molecule has 4 rings (SSSR count). The van der Waals surface area contributed by atoms with Gasteiger partial charge in [0.05, 0.1) is 25.0 Å². The number of phenols is 1. The molecule has 2 aliphatic heterocycles. The standard InChI is InChI=1S/C29H35ClN2O8/c1-31(25(34)14-28(39,27(37)38)15-26(35)36)16-19(12-21-13-22(33)6-7-24(21)30)17-32-10-8-29(9-11-32)23-5-3-2-4-20(23)18-40-29/h2-7,13,19,33,39H,8-12,14-18H2,1H3,(H,35,36)(H,37,38). The van der Waals surface area contributed by atoms with Gasteiger partial charge in [0.15, 0.2) is 5.60 Å². The van der Waals surface area contributed by atoms with E-state index in [0.717, 1.165) is 25.9 Å². The molecule has 2 aromatic rings. The lowest BCUT2D eigenvalue weighted by atomic mass is 9.83. The van der Waals surface area contributed by atoms with Crippen LogP contribution in [0.4, 0.5) is 0 Å². The molecule has 0 aromatic heterocycles. The summed E-state index contributed by atoms with van der Waals surface area (Å²) in [5.74, 6) is -4.06. The van der Waals surface area contributed by atoms with Crippen LogP contribution in [-0.2, 0) is 37.7 Å². The number of benzene rings is 2. The van der Waals surface area contributed by atoms with Crippen molar-refractivity contribution in [2.45, 2.75) is 49.9 Å². The van der Waals surface area contributed by atoms with Crippen molar-refractivity contribution in [3.05, 3.63) is 64.2 Å². The number of hydrogen-bond acceptors (Lipinski definition) is 7. The fourth-order valence-corrected chi connectivity index (χ4v) is 6.01. The number of nitrogens with zero attached hydrogens (tertiary/aromatic N) is 2. The zero-order valence-corrected chi connectivity index (χ0v) is 23.1. The molecule has 0 bridgehead atoms. The van der Waals surface area contributed by atoms with Gasteiger partial charge in [0.1, 0.15) is 5.75 Å². The van der Waals surface area contributed by atoms with E-state index >= 15 is 0 Å². The summed E-state index contributed by atoms with van der Waals surface area (Å²) in [4.78, 5) is 39.2. The third-order valence-corrected chi connectivity index (χ3v) is 8.34. The van der Waals surface area contributed by atoms with E-state index in [4.69, 9.17) is 21.4 Å². The molecular weight excluding hydrogens is 540 g/mol. The van der Waals surface area contributed by atoms with Gasteiger partial charge in [0.2, 0.25) is 5.91 Å². The van der Waals surface area contributed by atoms with E-state index in [-0.39, 0.29) is 23.8 Å². The lowest BCUT2D eigenvalue weighted by molar-refractivity contribution is -0.169. The highest BCUT2D eigenvalue weighted by atomic mass is 35.5. The number of halogens is 1. The highest BCUT2D eigenvalue weighted by Crippen LogP contribution is 2.44. The summed E-state index contributed by atoms with van der Waals surface area (Å²) in [7, 11) is 1.50. The number of carboxylic acids is 2. The summed E-state index contributed by atoms with van der Waals surface area (Å²) in [6.45, 7) is 2.95. The molecule has 2 aliphatic rings. The highest BCUT2D eigenvalue weighted by Gasteiger charge is 2.43. The predicted octanol–water partition coefficient (Wildman–Crippen LogP) is 2.86. The average Bonchev–Trinajstić information content (AvgIpc) is 3.25. The number of carbonyl (C=O) groups is 3. The van der Waals surface area contributed by atoms with E-state index in [2.05, 4.69) is 17.0 Å². The Morgan fingerprint density at radius 3 is 2.50 bits per heavy atom. The number of hydrogen-bond donors (Lipinski definition) is 4. The van der Waals surface area contributed by atoms with Gasteiger partial charge >= 0.3 is 11.9 Å². The second kappa shape index (κ2) is 12.1. The Morgan fingerprint density at radius 2 is 1.82 bits per heavy atom. The number of carboxylic acid groups (broad SMARTS) is 2. The van der Waals surface area contributed by atoms with Crippen molar-refractivity contribution in [3.8, 4) is 5.75 Å². The van der Waals surface area contributed by atoms with Gasteiger partial charge in [0, 0.05) is 38.2 Å². The molecule has 2 atom stereocenters. The number of aliphatic carboxylic acids is 2. The normalized spacial score (nSPS) is 18.6. The lowest BCUT2D eigenvalue weighted by Gasteiger charge is -2.41. The molecule has 2 aromatic carbocycles. The SMILES string of the molecule is CN(CC(Cc1cc(O)ccc1Cl)CN1CCC2(CC1)OCc1ccccc12)C(=O)CC(O)(CC(=O)O)C(=O)O. The molecule has 40 heavy (non-hydrogen) atoms. The van der Waals surface area contributed by atoms with Crippen LogP contribution in [0.15, 0.2) is 42.5 Å². The minimum absolute atomic E-state index is 0.0692. The molecule has 1 saturated heterocycles. The molecule has 2 heterocycles. The van der Waals surface area contributed by atoms with E-state index in [9.17, 15) is 29.7 Å². The third kappa shape index (κ3) is 6.75. The van der Waals surface area contributed by atoms with Crippen molar-refractivity contribution in [2.24, 2.45) is 5.92 Å². The van der Waals surface area contributed by atoms with Crippen LogP contribution in [0.5, 0.6) is 5.75 Å². The van der Waals surface area contributed by atoms with Crippen molar-refractivity contribution in [1.29, 1.82) is 0 Å². The van der Waals surface area contributed by atoms with Crippen LogP contribution in [0, 0.1) is 5.92 Å². The largest absolute Gasteiger partial charge is 0.508 e. The monoisotopic (exact) mass is 574 g/mol. The van der Waals surface area contributed by atoms with Crippen LogP contribution in [-0.4, -0.2) is 86.9 Å². The van der Waals surface area contributed by atoms with E-state index in [1.165, 1.54) is 29.1 Å². The summed E-state index contributed by atoms with van der Waals surface area (Å²) in [6.07, 6.45) is 0.112. The van der Waals surface area contributed by atoms with Crippen LogP contribution in [0.2, 0.25) is 5.02 Å². The maximum Gasteiger partial charge on any atom is 0.336 e. The summed E-state index contributed by atoms with van der Waals surface area (Å²) >= 11 is 6.41. The van der Waals surface area contributed by atoms with Gasteiger partial charge in [0.25, 0.3) is 0 Å². The minimum atomic E-state index is -2.71. The molecule has 216 valence electrons. The van der Waals surface area contributed by atoms with Gasteiger partial charge in [-0.1, -0.05) is 35.9 Å². The summed E-state index contributed by atoms with van der Waals surface area (Å²) in [5.41, 5.74) is 0.170.